The fraction of sp³-hybridized carbons (Fsp3) is 0.500. The molecule has 4 heteroatoms. The van der Waals surface area contributed by atoms with Gasteiger partial charge in [0.15, 0.2) is 0 Å². The summed E-state index contributed by atoms with van der Waals surface area (Å²) in [6.07, 6.45) is 0. The van der Waals surface area contributed by atoms with Crippen molar-refractivity contribution in [1.82, 2.24) is 0 Å². The van der Waals surface area contributed by atoms with Gasteiger partial charge in [-0.2, -0.15) is 0 Å². The number of esters is 1. The fourth-order valence-electron chi connectivity index (χ4n) is 1.50. The molecule has 0 saturated heterocycles. The maximum atomic E-state index is 11.9. The predicted molar refractivity (Wildman–Crippen MR) is 73.1 cm³/mol. The first kappa shape index (κ1) is 14.9. The largest absolute Gasteiger partial charge is 0.465 e. The molecule has 0 aliphatic carbocycles. The van der Waals surface area contributed by atoms with E-state index in [4.69, 9.17) is 4.74 Å². The average Bonchev–Trinajstić information content (AvgIpc) is 2.28. The molecule has 0 bridgehead atoms. The molecule has 3 nitrogen and oxygen atoms in total. The lowest BCUT2D eigenvalue weighted by Gasteiger charge is -2.18. The molecule has 0 aromatic heterocycles. The summed E-state index contributed by atoms with van der Waals surface area (Å²) in [5, 5.41) is 0. The van der Waals surface area contributed by atoms with Crippen molar-refractivity contribution in [2.45, 2.75) is 38.0 Å². The van der Waals surface area contributed by atoms with Gasteiger partial charge >= 0.3 is 5.97 Å². The van der Waals surface area contributed by atoms with Crippen LogP contribution in [-0.4, -0.2) is 22.5 Å². The first-order chi connectivity index (χ1) is 8.34. The third-order valence-corrected chi connectivity index (χ3v) is 3.83. The number of ether oxygens (including phenoxy) is 1. The van der Waals surface area contributed by atoms with Crippen molar-refractivity contribution in [3.8, 4) is 0 Å². The molecule has 0 spiro atoms. The van der Waals surface area contributed by atoms with Gasteiger partial charge in [0.25, 0.3) is 0 Å². The Kier molecular flexibility index (Phi) is 5.08. The van der Waals surface area contributed by atoms with E-state index in [1.54, 1.807) is 6.92 Å². The summed E-state index contributed by atoms with van der Waals surface area (Å²) in [5.41, 5.74) is 1.25. The topological polar surface area (TPSA) is 43.4 Å². The molecule has 1 aromatic rings. The minimum absolute atomic E-state index is 0.0706. The van der Waals surface area contributed by atoms with Gasteiger partial charge in [-0.05, 0) is 30.0 Å². The van der Waals surface area contributed by atoms with E-state index in [9.17, 15) is 9.00 Å². The van der Waals surface area contributed by atoms with Crippen LogP contribution in [0.2, 0.25) is 0 Å². The lowest BCUT2D eigenvalue weighted by atomic mass is 9.87. The van der Waals surface area contributed by atoms with E-state index in [0.29, 0.717) is 11.5 Å². The number of hydrogen-bond donors (Lipinski definition) is 0. The fourth-order valence-corrected chi connectivity index (χ4v) is 2.40. The van der Waals surface area contributed by atoms with E-state index < -0.39 is 16.8 Å². The van der Waals surface area contributed by atoms with Gasteiger partial charge in [-0.25, -0.2) is 0 Å². The summed E-state index contributed by atoms with van der Waals surface area (Å²) in [6, 6.07) is 7.54. The molecule has 0 fully saturated rings. The van der Waals surface area contributed by atoms with Gasteiger partial charge in [-0.3, -0.25) is 9.00 Å². The number of benzene rings is 1. The van der Waals surface area contributed by atoms with Crippen LogP contribution < -0.4 is 0 Å². The second-order valence-corrected chi connectivity index (χ2v) is 6.52. The molecule has 0 amide bonds. The molecule has 1 unspecified atom stereocenters. The first-order valence-corrected chi connectivity index (χ1v) is 7.31. The van der Waals surface area contributed by atoms with Gasteiger partial charge in [0.05, 0.1) is 17.4 Å². The SMILES string of the molecule is CCOC(=O)CS(=O)c1ccc(C(C)(C)C)cc1. The number of carbonyl (C=O) groups is 1. The maximum absolute atomic E-state index is 11.9. The molecular weight excluding hydrogens is 248 g/mol. The van der Waals surface area contributed by atoms with E-state index >= 15 is 0 Å². The second-order valence-electron chi connectivity index (χ2n) is 5.07. The van der Waals surface area contributed by atoms with Crippen molar-refractivity contribution in [1.29, 1.82) is 0 Å². The van der Waals surface area contributed by atoms with Crippen LogP contribution in [0, 0.1) is 0 Å². The zero-order chi connectivity index (χ0) is 13.8. The Labute approximate surface area is 111 Å². The van der Waals surface area contributed by atoms with Gasteiger partial charge in [-0.1, -0.05) is 32.9 Å². The molecule has 1 atom stereocenters. The summed E-state index contributed by atoms with van der Waals surface area (Å²) in [6.45, 7) is 8.42. The molecule has 18 heavy (non-hydrogen) atoms. The summed E-state index contributed by atoms with van der Waals surface area (Å²) in [7, 11) is -1.32. The van der Waals surface area contributed by atoms with Gasteiger partial charge in [-0.15, -0.1) is 0 Å². The van der Waals surface area contributed by atoms with Gasteiger partial charge in [0.1, 0.15) is 5.75 Å². The molecule has 0 saturated carbocycles. The molecule has 0 radical (unpaired) electrons. The van der Waals surface area contributed by atoms with E-state index in [2.05, 4.69) is 20.8 Å². The van der Waals surface area contributed by atoms with E-state index in [1.165, 1.54) is 5.56 Å². The van der Waals surface area contributed by atoms with Crippen molar-refractivity contribution < 1.29 is 13.7 Å². The third-order valence-electron chi connectivity index (χ3n) is 2.54. The minimum Gasteiger partial charge on any atom is -0.465 e. The Morgan fingerprint density at radius 2 is 1.78 bits per heavy atom. The molecule has 100 valence electrons. The Morgan fingerprint density at radius 3 is 2.22 bits per heavy atom. The molecule has 0 N–H and O–H groups in total. The molecule has 0 heterocycles. The van der Waals surface area contributed by atoms with E-state index in [-0.39, 0.29) is 11.2 Å². The minimum atomic E-state index is -1.32. The van der Waals surface area contributed by atoms with Crippen LogP contribution in [0.5, 0.6) is 0 Å². The van der Waals surface area contributed by atoms with Crippen molar-refractivity contribution >= 4 is 16.8 Å². The van der Waals surface area contributed by atoms with Crippen LogP contribution in [0.15, 0.2) is 29.2 Å². The van der Waals surface area contributed by atoms with Crippen molar-refractivity contribution in [2.75, 3.05) is 12.4 Å². The average molecular weight is 268 g/mol. The lowest BCUT2D eigenvalue weighted by Crippen LogP contribution is -2.14. The Bertz CT molecular complexity index is 429. The summed E-state index contributed by atoms with van der Waals surface area (Å²) < 4.78 is 16.7. The van der Waals surface area contributed by atoms with E-state index in [1.807, 2.05) is 24.3 Å². The maximum Gasteiger partial charge on any atom is 0.318 e. The second kappa shape index (κ2) is 6.14. The van der Waals surface area contributed by atoms with Crippen molar-refractivity contribution in [3.63, 3.8) is 0 Å². The smallest absolute Gasteiger partial charge is 0.318 e. The Balaban J connectivity index is 2.74. The lowest BCUT2D eigenvalue weighted by molar-refractivity contribution is -0.139. The first-order valence-electron chi connectivity index (χ1n) is 5.99. The van der Waals surface area contributed by atoms with Gasteiger partial charge in [0, 0.05) is 4.90 Å². The van der Waals surface area contributed by atoms with Crippen LogP contribution in [0.25, 0.3) is 0 Å². The van der Waals surface area contributed by atoms with Crippen LogP contribution in [0.4, 0.5) is 0 Å². The highest BCUT2D eigenvalue weighted by Gasteiger charge is 2.15. The number of hydrogen-bond acceptors (Lipinski definition) is 3. The van der Waals surface area contributed by atoms with E-state index in [0.717, 1.165) is 0 Å². The molecule has 1 rings (SSSR count). The normalized spacial score (nSPS) is 13.1. The zero-order valence-corrected chi connectivity index (χ0v) is 12.2. The standard InChI is InChI=1S/C14H20O3S/c1-5-17-13(15)10-18(16)12-8-6-11(7-9-12)14(2,3)4/h6-9H,5,10H2,1-4H3. The number of rotatable bonds is 4. The zero-order valence-electron chi connectivity index (χ0n) is 11.4. The Hall–Kier alpha value is -1.16. The van der Waals surface area contributed by atoms with Crippen LogP contribution in [0.1, 0.15) is 33.3 Å². The molecule has 0 aliphatic rings. The third kappa shape index (κ3) is 4.26. The number of carbonyl (C=O) groups excluding carboxylic acids is 1. The summed E-state index contributed by atoms with van der Waals surface area (Å²) in [4.78, 5) is 11.9. The monoisotopic (exact) mass is 268 g/mol. The predicted octanol–water partition coefficient (Wildman–Crippen LogP) is 2.65. The van der Waals surface area contributed by atoms with Crippen molar-refractivity contribution in [3.05, 3.63) is 29.8 Å². The van der Waals surface area contributed by atoms with Crippen molar-refractivity contribution in [2.24, 2.45) is 0 Å². The summed E-state index contributed by atoms with van der Waals surface area (Å²) >= 11 is 0. The molecule has 0 aliphatic heterocycles. The summed E-state index contributed by atoms with van der Waals surface area (Å²) in [5.74, 6) is -0.501. The van der Waals surface area contributed by atoms with Crippen LogP contribution in [-0.2, 0) is 25.7 Å². The Morgan fingerprint density at radius 1 is 1.22 bits per heavy atom. The highest BCUT2D eigenvalue weighted by atomic mass is 32.2. The van der Waals surface area contributed by atoms with Crippen LogP contribution >= 0.6 is 0 Å². The highest BCUT2D eigenvalue weighted by molar-refractivity contribution is 7.85. The molecular formula is C14H20O3S. The quantitative estimate of drug-likeness (QED) is 0.788. The van der Waals surface area contributed by atoms with Crippen LogP contribution in [0.3, 0.4) is 0 Å². The highest BCUT2D eigenvalue weighted by Crippen LogP contribution is 2.23. The molecule has 1 aromatic carbocycles. The van der Waals surface area contributed by atoms with Gasteiger partial charge in [0.2, 0.25) is 0 Å². The van der Waals surface area contributed by atoms with Gasteiger partial charge < -0.3 is 4.74 Å².